The zero-order valence-corrected chi connectivity index (χ0v) is 14.2. The highest BCUT2D eigenvalue weighted by Gasteiger charge is 2.41. The number of hydrogen-bond donors (Lipinski definition) is 2. The zero-order valence-electron chi connectivity index (χ0n) is 14.2. The number of carbonyl (C=O) groups excluding carboxylic acids is 1. The summed E-state index contributed by atoms with van der Waals surface area (Å²) in [6, 6.07) is 7.85. The van der Waals surface area contributed by atoms with Crippen molar-refractivity contribution in [2.45, 2.75) is 32.9 Å². The molecule has 0 spiro atoms. The van der Waals surface area contributed by atoms with Gasteiger partial charge in [0.2, 0.25) is 5.65 Å². The number of aryl methyl sites for hydroxylation is 1. The largest absolute Gasteiger partial charge is 0.422 e. The van der Waals surface area contributed by atoms with Crippen molar-refractivity contribution in [1.29, 1.82) is 0 Å². The van der Waals surface area contributed by atoms with Crippen molar-refractivity contribution in [3.8, 4) is 0 Å². The molecule has 2 N–H and O–H groups in total. The molecule has 0 radical (unpaired) electrons. The Morgan fingerprint density at radius 1 is 1.40 bits per heavy atom. The van der Waals surface area contributed by atoms with E-state index >= 15 is 0 Å². The first kappa shape index (κ1) is 15.6. The first-order valence-corrected chi connectivity index (χ1v) is 7.99. The van der Waals surface area contributed by atoms with E-state index < -0.39 is 11.4 Å². The second-order valence-corrected chi connectivity index (χ2v) is 6.75. The van der Waals surface area contributed by atoms with E-state index in [1.165, 1.54) is 0 Å². The van der Waals surface area contributed by atoms with Crippen molar-refractivity contribution in [3.05, 3.63) is 52.7 Å². The first-order chi connectivity index (χ1) is 11.9. The molecule has 1 aromatic carbocycles. The van der Waals surface area contributed by atoms with Gasteiger partial charge in [0, 0.05) is 18.3 Å². The Labute approximate surface area is 144 Å². The van der Waals surface area contributed by atoms with E-state index in [1.807, 2.05) is 43.9 Å². The lowest BCUT2D eigenvalue weighted by molar-refractivity contribution is 0.0705. The fraction of sp³-hybridized carbons (Fsp3) is 0.278. The Hall–Kier alpha value is -2.93. The normalized spacial score (nSPS) is 15.4. The first-order valence-electron chi connectivity index (χ1n) is 7.99. The molecular weight excluding hydrogens is 320 g/mol. The summed E-state index contributed by atoms with van der Waals surface area (Å²) in [6.45, 7) is 6.50. The molecule has 1 aliphatic heterocycles. The number of hydroxylamine groups is 1. The lowest BCUT2D eigenvalue weighted by Gasteiger charge is -2.30. The van der Waals surface area contributed by atoms with Gasteiger partial charge in [-0.3, -0.25) is 10.0 Å². The molecule has 7 heteroatoms. The monoisotopic (exact) mass is 338 g/mol. The predicted octanol–water partition coefficient (Wildman–Crippen LogP) is 2.91. The molecule has 7 nitrogen and oxygen atoms in total. The van der Waals surface area contributed by atoms with Crippen molar-refractivity contribution in [2.24, 2.45) is 0 Å². The second kappa shape index (κ2) is 5.29. The lowest BCUT2D eigenvalue weighted by Crippen LogP contribution is -2.35. The number of nitrogens with one attached hydrogen (secondary N) is 1. The van der Waals surface area contributed by atoms with Crippen LogP contribution < -0.4 is 10.4 Å². The van der Waals surface area contributed by atoms with Gasteiger partial charge in [0.1, 0.15) is 0 Å². The number of benzene rings is 1. The fourth-order valence-electron chi connectivity index (χ4n) is 3.43. The molecule has 0 aliphatic carbocycles. The minimum Gasteiger partial charge on any atom is -0.422 e. The van der Waals surface area contributed by atoms with Gasteiger partial charge in [0.25, 0.3) is 5.91 Å². The maximum absolute atomic E-state index is 12.0. The van der Waals surface area contributed by atoms with E-state index in [-0.39, 0.29) is 0 Å². The molecule has 4 rings (SSSR count). The number of rotatable bonds is 2. The number of aromatic nitrogens is 2. The summed E-state index contributed by atoms with van der Waals surface area (Å²) in [7, 11) is 0. The van der Waals surface area contributed by atoms with Crippen LogP contribution in [0.1, 0.15) is 40.9 Å². The van der Waals surface area contributed by atoms with Gasteiger partial charge in [-0.15, -0.1) is 0 Å². The van der Waals surface area contributed by atoms with E-state index in [0.29, 0.717) is 29.4 Å². The molecule has 0 fully saturated rings. The van der Waals surface area contributed by atoms with Crippen LogP contribution in [-0.4, -0.2) is 21.1 Å². The van der Waals surface area contributed by atoms with E-state index in [0.717, 1.165) is 16.7 Å². The summed E-state index contributed by atoms with van der Waals surface area (Å²) in [5.74, 6) is -0.524. The summed E-state index contributed by atoms with van der Waals surface area (Å²) in [5.41, 5.74) is 5.78. The van der Waals surface area contributed by atoms with Crippen molar-refractivity contribution in [1.82, 2.24) is 15.4 Å². The fourth-order valence-corrected chi connectivity index (χ4v) is 3.43. The van der Waals surface area contributed by atoms with Gasteiger partial charge in [-0.05, 0) is 49.6 Å². The highest BCUT2D eigenvalue weighted by atomic mass is 16.5. The smallest absolute Gasteiger partial charge is 0.300 e. The number of hydrogen-bond acceptors (Lipinski definition) is 6. The van der Waals surface area contributed by atoms with Crippen molar-refractivity contribution in [2.75, 3.05) is 4.90 Å². The van der Waals surface area contributed by atoms with Crippen LogP contribution in [0, 0.1) is 6.92 Å². The molecule has 0 atom stereocenters. The molecule has 0 bridgehead atoms. The maximum Gasteiger partial charge on any atom is 0.300 e. The molecule has 0 saturated heterocycles. The number of nitrogens with zero attached hydrogens (tertiary/aromatic N) is 3. The maximum atomic E-state index is 12.0. The Kier molecular flexibility index (Phi) is 3.30. The number of carbonyl (C=O) groups is 1. The molecule has 1 amide bonds. The quantitative estimate of drug-likeness (QED) is 0.551. The van der Waals surface area contributed by atoms with E-state index in [1.54, 1.807) is 17.7 Å². The molecule has 1 aliphatic rings. The third-order valence-electron chi connectivity index (χ3n) is 4.78. The number of pyridine rings is 1. The van der Waals surface area contributed by atoms with E-state index in [9.17, 15) is 4.79 Å². The highest BCUT2D eigenvalue weighted by molar-refractivity contribution is 5.95. The molecule has 3 heterocycles. The van der Waals surface area contributed by atoms with Gasteiger partial charge in [-0.25, -0.2) is 10.5 Å². The minimum absolute atomic E-state index is 0.420. The summed E-state index contributed by atoms with van der Waals surface area (Å²) in [6.07, 6.45) is 1.75. The predicted molar refractivity (Wildman–Crippen MR) is 91.4 cm³/mol. The molecule has 3 aromatic rings. The van der Waals surface area contributed by atoms with Crippen LogP contribution in [0.3, 0.4) is 0 Å². The Morgan fingerprint density at radius 2 is 2.20 bits per heavy atom. The van der Waals surface area contributed by atoms with Crippen LogP contribution in [0.15, 0.2) is 34.9 Å². The number of oxazole rings is 1. The Morgan fingerprint density at radius 3 is 2.96 bits per heavy atom. The van der Waals surface area contributed by atoms with Crippen LogP contribution in [0.5, 0.6) is 0 Å². The third-order valence-corrected chi connectivity index (χ3v) is 4.78. The molecule has 25 heavy (non-hydrogen) atoms. The summed E-state index contributed by atoms with van der Waals surface area (Å²) < 4.78 is 5.93. The van der Waals surface area contributed by atoms with Crippen molar-refractivity contribution in [3.63, 3.8) is 0 Å². The number of fused-ring (bicyclic) bond motifs is 2. The van der Waals surface area contributed by atoms with Crippen LogP contribution >= 0.6 is 0 Å². The second-order valence-electron chi connectivity index (χ2n) is 6.75. The Bertz CT molecular complexity index is 993. The SMILES string of the molecule is Cc1cnc2nc(N3Cc4c(C(=O)NO)cccc4C3(C)C)oc2c1. The number of amides is 1. The minimum atomic E-state index is -0.524. The summed E-state index contributed by atoms with van der Waals surface area (Å²) in [5, 5.41) is 9.00. The average Bonchev–Trinajstić information content (AvgIpc) is 3.12. The summed E-state index contributed by atoms with van der Waals surface area (Å²) in [4.78, 5) is 22.8. The van der Waals surface area contributed by atoms with E-state index in [2.05, 4.69) is 9.97 Å². The van der Waals surface area contributed by atoms with Gasteiger partial charge < -0.3 is 9.32 Å². The van der Waals surface area contributed by atoms with Crippen molar-refractivity contribution < 1.29 is 14.4 Å². The van der Waals surface area contributed by atoms with Gasteiger partial charge in [-0.1, -0.05) is 12.1 Å². The summed E-state index contributed by atoms with van der Waals surface area (Å²) >= 11 is 0. The average molecular weight is 338 g/mol. The van der Waals surface area contributed by atoms with Gasteiger partial charge in [0.05, 0.1) is 5.54 Å². The van der Waals surface area contributed by atoms with Gasteiger partial charge >= 0.3 is 6.01 Å². The highest BCUT2D eigenvalue weighted by Crippen LogP contribution is 2.43. The van der Waals surface area contributed by atoms with Crippen LogP contribution in [-0.2, 0) is 12.1 Å². The lowest BCUT2D eigenvalue weighted by atomic mass is 9.91. The molecular formula is C18H18N4O3. The molecule has 2 aromatic heterocycles. The van der Waals surface area contributed by atoms with Gasteiger partial charge in [-0.2, -0.15) is 4.98 Å². The van der Waals surface area contributed by atoms with Crippen LogP contribution in [0.25, 0.3) is 11.2 Å². The third kappa shape index (κ3) is 2.27. The zero-order chi connectivity index (χ0) is 17.8. The van der Waals surface area contributed by atoms with E-state index in [4.69, 9.17) is 9.62 Å². The standard InChI is InChI=1S/C18H18N4O3/c1-10-7-14-15(19-8-10)20-17(25-14)22-9-12-11(16(23)21-24)5-4-6-13(12)18(22,2)3/h4-8,24H,9H2,1-3H3,(H,21,23). The number of anilines is 1. The van der Waals surface area contributed by atoms with Crippen molar-refractivity contribution >= 4 is 23.2 Å². The topological polar surface area (TPSA) is 91.5 Å². The van der Waals surface area contributed by atoms with Gasteiger partial charge in [0.15, 0.2) is 5.58 Å². The molecule has 0 unspecified atom stereocenters. The molecule has 128 valence electrons. The van der Waals surface area contributed by atoms with Crippen LogP contribution in [0.4, 0.5) is 6.01 Å². The van der Waals surface area contributed by atoms with Crippen LogP contribution in [0.2, 0.25) is 0 Å². The molecule has 0 saturated carbocycles. The Balaban J connectivity index is 1.82.